The van der Waals surface area contributed by atoms with Gasteiger partial charge in [-0.05, 0) is 31.6 Å². The van der Waals surface area contributed by atoms with Gasteiger partial charge in [-0.25, -0.2) is 17.5 Å². The lowest BCUT2D eigenvalue weighted by Gasteiger charge is -2.24. The highest BCUT2D eigenvalue weighted by Crippen LogP contribution is 2.34. The van der Waals surface area contributed by atoms with Crippen molar-refractivity contribution in [2.75, 3.05) is 26.2 Å². The van der Waals surface area contributed by atoms with Gasteiger partial charge in [-0.1, -0.05) is 19.8 Å². The van der Waals surface area contributed by atoms with Crippen molar-refractivity contribution in [2.45, 2.75) is 56.7 Å². The molecule has 22 heavy (non-hydrogen) atoms. The van der Waals surface area contributed by atoms with Crippen molar-refractivity contribution in [1.82, 2.24) is 14.5 Å². The number of hydrogen-bond donors (Lipinski definition) is 1. The summed E-state index contributed by atoms with van der Waals surface area (Å²) in [4.78, 5) is 14.2. The zero-order valence-corrected chi connectivity index (χ0v) is 14.1. The van der Waals surface area contributed by atoms with Crippen molar-refractivity contribution in [1.29, 1.82) is 0 Å². The number of fused-ring (bicyclic) bond motifs is 1. The monoisotopic (exact) mass is 329 g/mol. The van der Waals surface area contributed by atoms with Crippen LogP contribution in [-0.4, -0.2) is 61.1 Å². The Bertz CT molecular complexity index is 516. The number of urea groups is 1. The van der Waals surface area contributed by atoms with Crippen LogP contribution in [0.15, 0.2) is 0 Å². The van der Waals surface area contributed by atoms with Crippen LogP contribution in [0, 0.1) is 5.92 Å². The highest BCUT2D eigenvalue weighted by molar-refractivity contribution is 7.90. The number of rotatable bonds is 2. The van der Waals surface area contributed by atoms with Gasteiger partial charge in [0.1, 0.15) is 0 Å². The topological polar surface area (TPSA) is 69.7 Å². The van der Waals surface area contributed by atoms with Gasteiger partial charge in [-0.2, -0.15) is 0 Å². The molecule has 0 spiro atoms. The van der Waals surface area contributed by atoms with Gasteiger partial charge in [0.15, 0.2) is 0 Å². The molecule has 2 heterocycles. The molecule has 7 heteroatoms. The highest BCUT2D eigenvalue weighted by atomic mass is 32.2. The third kappa shape index (κ3) is 2.97. The zero-order valence-electron chi connectivity index (χ0n) is 13.3. The van der Waals surface area contributed by atoms with Gasteiger partial charge in [-0.15, -0.1) is 0 Å². The molecule has 0 aromatic carbocycles. The Balaban J connectivity index is 1.61. The molecule has 0 aromatic rings. The van der Waals surface area contributed by atoms with Crippen molar-refractivity contribution >= 4 is 16.1 Å². The average molecular weight is 329 g/mol. The van der Waals surface area contributed by atoms with Crippen LogP contribution in [0.3, 0.4) is 0 Å². The smallest absolute Gasteiger partial charge is 0.317 e. The molecule has 6 nitrogen and oxygen atoms in total. The summed E-state index contributed by atoms with van der Waals surface area (Å²) in [5.74, 6) is 0.175. The Hall–Kier alpha value is -0.820. The molecule has 2 atom stereocenters. The van der Waals surface area contributed by atoms with Gasteiger partial charge in [0.25, 0.3) is 0 Å². The normalized spacial score (nSPS) is 32.7. The predicted octanol–water partition coefficient (Wildman–Crippen LogP) is 1.38. The van der Waals surface area contributed by atoms with E-state index in [0.717, 1.165) is 19.3 Å². The number of sulfonamides is 1. The predicted molar refractivity (Wildman–Crippen MR) is 85.0 cm³/mol. The Kier molecular flexibility index (Phi) is 4.64. The fourth-order valence-corrected chi connectivity index (χ4v) is 6.40. The molecule has 2 amide bonds. The maximum atomic E-state index is 12.5. The Labute approximate surface area is 133 Å². The minimum absolute atomic E-state index is 0.00313. The lowest BCUT2D eigenvalue weighted by molar-refractivity contribution is 0.194. The molecule has 0 bridgehead atoms. The number of carbonyl (C=O) groups excluding carboxylic acids is 1. The summed E-state index contributed by atoms with van der Waals surface area (Å²) in [5, 5.41) is 2.82. The molecule has 126 valence electrons. The van der Waals surface area contributed by atoms with Crippen LogP contribution >= 0.6 is 0 Å². The minimum Gasteiger partial charge on any atom is -0.335 e. The number of nitrogens with one attached hydrogen (secondary N) is 1. The third-order valence-corrected chi connectivity index (χ3v) is 8.00. The second kappa shape index (κ2) is 6.35. The maximum absolute atomic E-state index is 12.5. The summed E-state index contributed by atoms with van der Waals surface area (Å²) >= 11 is 0. The Morgan fingerprint density at radius 3 is 2.50 bits per heavy atom. The Morgan fingerprint density at radius 1 is 1.14 bits per heavy atom. The number of carbonyl (C=O) groups is 1. The van der Waals surface area contributed by atoms with Gasteiger partial charge in [-0.3, -0.25) is 0 Å². The largest absolute Gasteiger partial charge is 0.335 e. The first-order chi connectivity index (χ1) is 10.5. The fraction of sp³-hybridized carbons (Fsp3) is 0.933. The lowest BCUT2D eigenvalue weighted by atomic mass is 10.0. The van der Waals surface area contributed by atoms with Crippen LogP contribution < -0.4 is 5.32 Å². The quantitative estimate of drug-likeness (QED) is 0.832. The molecular weight excluding hydrogens is 302 g/mol. The molecule has 0 radical (unpaired) electrons. The molecule has 3 rings (SSSR count). The number of amides is 2. The molecular formula is C15H27N3O3S. The lowest BCUT2D eigenvalue weighted by Crippen LogP contribution is -2.44. The van der Waals surface area contributed by atoms with Crippen molar-refractivity contribution in [3.8, 4) is 0 Å². The van der Waals surface area contributed by atoms with E-state index >= 15 is 0 Å². The average Bonchev–Trinajstić information content (AvgIpc) is 2.98. The summed E-state index contributed by atoms with van der Waals surface area (Å²) in [6.07, 6.45) is 5.90. The summed E-state index contributed by atoms with van der Waals surface area (Å²) < 4.78 is 26.6. The van der Waals surface area contributed by atoms with E-state index in [2.05, 4.69) is 5.32 Å². The highest BCUT2D eigenvalue weighted by Gasteiger charge is 2.46. The second-order valence-electron chi connectivity index (χ2n) is 6.79. The van der Waals surface area contributed by atoms with Crippen LogP contribution in [0.25, 0.3) is 0 Å². The standard InChI is InChI=1S/C15H27N3O3S/c1-2-18-11-12-7-9-17(10-8-14(12)22(18,20)21)15(19)16-13-5-3-4-6-13/h12-14H,2-11H2,1H3,(H,16,19)/t12-,14-/m0/s1. The second-order valence-corrected chi connectivity index (χ2v) is 8.94. The van der Waals surface area contributed by atoms with Crippen LogP contribution in [0.2, 0.25) is 0 Å². The molecule has 0 unspecified atom stereocenters. The number of hydrogen-bond acceptors (Lipinski definition) is 3. The van der Waals surface area contributed by atoms with Crippen LogP contribution in [0.4, 0.5) is 4.79 Å². The van der Waals surface area contributed by atoms with E-state index in [1.54, 1.807) is 4.31 Å². The van der Waals surface area contributed by atoms with Crippen LogP contribution in [0.5, 0.6) is 0 Å². The fourth-order valence-electron chi connectivity index (χ4n) is 4.14. The van der Waals surface area contributed by atoms with Crippen molar-refractivity contribution in [3.63, 3.8) is 0 Å². The summed E-state index contributed by atoms with van der Waals surface area (Å²) in [6.45, 7) is 4.30. The zero-order chi connectivity index (χ0) is 15.7. The maximum Gasteiger partial charge on any atom is 0.317 e. The van der Waals surface area contributed by atoms with Gasteiger partial charge < -0.3 is 10.2 Å². The molecule has 2 saturated heterocycles. The first kappa shape index (κ1) is 16.1. The Morgan fingerprint density at radius 2 is 1.82 bits per heavy atom. The van der Waals surface area contributed by atoms with Gasteiger partial charge in [0, 0.05) is 32.2 Å². The summed E-state index contributed by atoms with van der Waals surface area (Å²) in [6, 6.07) is 0.311. The third-order valence-electron chi connectivity index (χ3n) is 5.48. The van der Waals surface area contributed by atoms with E-state index in [1.807, 2.05) is 11.8 Å². The van der Waals surface area contributed by atoms with E-state index < -0.39 is 10.0 Å². The van der Waals surface area contributed by atoms with Crippen LogP contribution in [0.1, 0.15) is 45.4 Å². The first-order valence-electron chi connectivity index (χ1n) is 8.56. The van der Waals surface area contributed by atoms with E-state index in [4.69, 9.17) is 0 Å². The van der Waals surface area contributed by atoms with Gasteiger partial charge in [0.2, 0.25) is 10.0 Å². The van der Waals surface area contributed by atoms with Crippen molar-refractivity contribution in [2.24, 2.45) is 5.92 Å². The number of likely N-dealkylation sites (tertiary alicyclic amines) is 1. The van der Waals surface area contributed by atoms with E-state index in [0.29, 0.717) is 38.6 Å². The van der Waals surface area contributed by atoms with Crippen molar-refractivity contribution in [3.05, 3.63) is 0 Å². The summed E-state index contributed by atoms with van der Waals surface area (Å²) in [5.41, 5.74) is 0. The van der Waals surface area contributed by atoms with E-state index in [-0.39, 0.29) is 17.2 Å². The SMILES string of the molecule is CCN1C[C@@H]2CCN(C(=O)NC3CCCC3)CC[C@@H]2S1(=O)=O. The van der Waals surface area contributed by atoms with Crippen molar-refractivity contribution < 1.29 is 13.2 Å². The molecule has 1 N–H and O–H groups in total. The van der Waals surface area contributed by atoms with Crippen LogP contribution in [-0.2, 0) is 10.0 Å². The molecule has 0 aromatic heterocycles. The molecule has 3 fully saturated rings. The van der Waals surface area contributed by atoms with E-state index in [1.165, 1.54) is 12.8 Å². The van der Waals surface area contributed by atoms with E-state index in [9.17, 15) is 13.2 Å². The van der Waals surface area contributed by atoms with Gasteiger partial charge >= 0.3 is 6.03 Å². The molecule has 1 saturated carbocycles. The minimum atomic E-state index is -3.16. The first-order valence-corrected chi connectivity index (χ1v) is 10.1. The molecule has 2 aliphatic heterocycles. The molecule has 1 aliphatic carbocycles. The molecule has 3 aliphatic rings. The number of nitrogens with zero attached hydrogens (tertiary/aromatic N) is 2. The van der Waals surface area contributed by atoms with Gasteiger partial charge in [0.05, 0.1) is 5.25 Å². The summed E-state index contributed by atoms with van der Waals surface area (Å²) in [7, 11) is -3.16.